The van der Waals surface area contributed by atoms with Crippen LogP contribution in [0, 0.1) is 0 Å². The van der Waals surface area contributed by atoms with Gasteiger partial charge in [-0.25, -0.2) is 0 Å². The number of nitrogens with zero attached hydrogens (tertiary/aromatic N) is 1. The van der Waals surface area contributed by atoms with Crippen molar-refractivity contribution in [1.82, 2.24) is 10.2 Å². The van der Waals surface area contributed by atoms with Gasteiger partial charge in [0.1, 0.15) is 0 Å². The third-order valence-electron chi connectivity index (χ3n) is 5.28. The van der Waals surface area contributed by atoms with Gasteiger partial charge in [0.2, 0.25) is 0 Å². The normalized spacial score (nSPS) is 31.3. The topological polar surface area (TPSA) is 35.5 Å². The van der Waals surface area contributed by atoms with E-state index in [0.29, 0.717) is 18.1 Å². The van der Waals surface area contributed by atoms with Crippen molar-refractivity contribution in [3.8, 4) is 0 Å². The molecule has 3 heteroatoms. The van der Waals surface area contributed by atoms with Crippen LogP contribution in [0.4, 0.5) is 0 Å². The van der Waals surface area contributed by atoms with Crippen molar-refractivity contribution in [1.29, 1.82) is 0 Å². The van der Waals surface area contributed by atoms with Gasteiger partial charge in [-0.2, -0.15) is 0 Å². The summed E-state index contributed by atoms with van der Waals surface area (Å²) >= 11 is 0. The van der Waals surface area contributed by atoms with E-state index in [1.807, 2.05) is 37.3 Å². The van der Waals surface area contributed by atoms with Gasteiger partial charge in [-0.15, -0.1) is 0 Å². The highest BCUT2D eigenvalue weighted by molar-refractivity contribution is 5.22. The van der Waals surface area contributed by atoms with Crippen LogP contribution in [0.15, 0.2) is 30.3 Å². The summed E-state index contributed by atoms with van der Waals surface area (Å²) in [5, 5.41) is 14.6. The highest BCUT2D eigenvalue weighted by atomic mass is 16.3. The largest absolute Gasteiger partial charge is 0.384 e. The van der Waals surface area contributed by atoms with Gasteiger partial charge in [0.15, 0.2) is 0 Å². The fourth-order valence-electron chi connectivity index (χ4n) is 4.11. The highest BCUT2D eigenvalue weighted by Crippen LogP contribution is 2.31. The number of fused-ring (bicyclic) bond motifs is 2. The van der Waals surface area contributed by atoms with Gasteiger partial charge in [0.25, 0.3) is 0 Å². The summed E-state index contributed by atoms with van der Waals surface area (Å²) in [6, 6.07) is 12.1. The fraction of sp³-hybridized carbons (Fsp3) is 0.667. The molecule has 0 radical (unpaired) electrons. The second-order valence-corrected chi connectivity index (χ2v) is 6.97. The SMILES string of the molecule is CCN(CC(C)(O)c1ccccc1)C1CC2CCC(C1)N2. The van der Waals surface area contributed by atoms with Crippen LogP contribution in [0.3, 0.4) is 0 Å². The van der Waals surface area contributed by atoms with Crippen LogP contribution in [0.2, 0.25) is 0 Å². The first-order chi connectivity index (χ1) is 10.1. The van der Waals surface area contributed by atoms with E-state index in [1.54, 1.807) is 0 Å². The maximum atomic E-state index is 10.9. The lowest BCUT2D eigenvalue weighted by molar-refractivity contribution is -0.00386. The molecular weight excluding hydrogens is 260 g/mol. The number of nitrogens with one attached hydrogen (secondary N) is 1. The monoisotopic (exact) mass is 288 g/mol. The predicted molar refractivity (Wildman–Crippen MR) is 86.2 cm³/mol. The van der Waals surface area contributed by atoms with E-state index in [9.17, 15) is 5.11 Å². The minimum atomic E-state index is -0.777. The summed E-state index contributed by atoms with van der Waals surface area (Å²) in [4.78, 5) is 2.49. The Kier molecular flexibility index (Phi) is 4.34. The molecular formula is C18H28N2O. The first-order valence-corrected chi connectivity index (χ1v) is 8.36. The maximum absolute atomic E-state index is 10.9. The number of benzene rings is 1. The molecule has 3 rings (SSSR count). The standard InChI is InChI=1S/C18H28N2O/c1-3-20(17-11-15-9-10-16(12-17)19-15)13-18(2,21)14-7-5-4-6-8-14/h4-8,15-17,19,21H,3,9-13H2,1-2H3. The average molecular weight is 288 g/mol. The van der Waals surface area contributed by atoms with Gasteiger partial charge < -0.3 is 10.4 Å². The second kappa shape index (κ2) is 6.07. The first-order valence-electron chi connectivity index (χ1n) is 8.36. The second-order valence-electron chi connectivity index (χ2n) is 6.97. The van der Waals surface area contributed by atoms with Gasteiger partial charge >= 0.3 is 0 Å². The summed E-state index contributed by atoms with van der Waals surface area (Å²) in [5.74, 6) is 0. The van der Waals surface area contributed by atoms with Crippen LogP contribution in [-0.2, 0) is 5.60 Å². The Hall–Kier alpha value is -0.900. The molecule has 2 fully saturated rings. The summed E-state index contributed by atoms with van der Waals surface area (Å²) < 4.78 is 0. The van der Waals surface area contributed by atoms with Crippen LogP contribution >= 0.6 is 0 Å². The van der Waals surface area contributed by atoms with Gasteiger partial charge in [0.05, 0.1) is 5.60 Å². The zero-order valence-electron chi connectivity index (χ0n) is 13.3. The molecule has 1 aromatic rings. The van der Waals surface area contributed by atoms with Crippen LogP contribution in [0.1, 0.15) is 45.1 Å². The maximum Gasteiger partial charge on any atom is 0.0994 e. The van der Waals surface area contributed by atoms with Crippen molar-refractivity contribution in [2.75, 3.05) is 13.1 Å². The molecule has 21 heavy (non-hydrogen) atoms. The summed E-state index contributed by atoms with van der Waals surface area (Å²) in [7, 11) is 0. The Bertz CT molecular complexity index is 448. The lowest BCUT2D eigenvalue weighted by atomic mass is 9.92. The van der Waals surface area contributed by atoms with Gasteiger partial charge in [0, 0.05) is 24.7 Å². The van der Waals surface area contributed by atoms with Gasteiger partial charge in [-0.3, -0.25) is 4.90 Å². The molecule has 2 N–H and O–H groups in total. The molecule has 2 heterocycles. The molecule has 0 saturated carbocycles. The number of rotatable bonds is 5. The van der Waals surface area contributed by atoms with Crippen molar-refractivity contribution in [3.05, 3.63) is 35.9 Å². The van der Waals surface area contributed by atoms with Crippen molar-refractivity contribution in [3.63, 3.8) is 0 Å². The zero-order valence-corrected chi connectivity index (χ0v) is 13.3. The number of aliphatic hydroxyl groups is 1. The molecule has 3 unspecified atom stereocenters. The Labute approximate surface area is 128 Å². The molecule has 2 aliphatic heterocycles. The average Bonchev–Trinajstić information content (AvgIpc) is 2.84. The number of hydrogen-bond donors (Lipinski definition) is 2. The van der Waals surface area contributed by atoms with E-state index >= 15 is 0 Å². The molecule has 3 atom stereocenters. The van der Waals surface area contributed by atoms with Crippen molar-refractivity contribution >= 4 is 0 Å². The van der Waals surface area contributed by atoms with E-state index < -0.39 is 5.60 Å². The minimum absolute atomic E-state index is 0.615. The molecule has 116 valence electrons. The number of piperidine rings is 1. The van der Waals surface area contributed by atoms with E-state index in [0.717, 1.165) is 18.7 Å². The van der Waals surface area contributed by atoms with E-state index in [2.05, 4.69) is 17.1 Å². The van der Waals surface area contributed by atoms with E-state index in [-0.39, 0.29) is 0 Å². The molecule has 0 aliphatic carbocycles. The predicted octanol–water partition coefficient (Wildman–Crippen LogP) is 2.50. The molecule has 2 bridgehead atoms. The van der Waals surface area contributed by atoms with Crippen LogP contribution in [-0.4, -0.2) is 41.2 Å². The molecule has 0 spiro atoms. The third kappa shape index (κ3) is 3.31. The Balaban J connectivity index is 1.69. The van der Waals surface area contributed by atoms with Gasteiger partial charge in [-0.05, 0) is 44.7 Å². The smallest absolute Gasteiger partial charge is 0.0994 e. The first kappa shape index (κ1) is 15.0. The summed E-state index contributed by atoms with van der Waals surface area (Å²) in [5.41, 5.74) is 0.238. The number of hydrogen-bond acceptors (Lipinski definition) is 3. The zero-order chi connectivity index (χ0) is 14.9. The van der Waals surface area contributed by atoms with E-state index in [1.165, 1.54) is 25.7 Å². The fourth-order valence-corrected chi connectivity index (χ4v) is 4.11. The summed E-state index contributed by atoms with van der Waals surface area (Å²) in [6.07, 6.45) is 5.12. The Morgan fingerprint density at radius 3 is 2.38 bits per heavy atom. The highest BCUT2D eigenvalue weighted by Gasteiger charge is 2.37. The van der Waals surface area contributed by atoms with Crippen LogP contribution in [0.5, 0.6) is 0 Å². The Morgan fingerprint density at radius 1 is 1.19 bits per heavy atom. The van der Waals surface area contributed by atoms with Crippen molar-refractivity contribution in [2.45, 2.75) is 63.3 Å². The number of likely N-dealkylation sites (N-methyl/N-ethyl adjacent to an activating group) is 1. The third-order valence-corrected chi connectivity index (χ3v) is 5.28. The molecule has 1 aromatic carbocycles. The van der Waals surface area contributed by atoms with Crippen molar-refractivity contribution < 1.29 is 5.11 Å². The minimum Gasteiger partial charge on any atom is -0.384 e. The summed E-state index contributed by atoms with van der Waals surface area (Å²) in [6.45, 7) is 5.89. The molecule has 0 amide bonds. The van der Waals surface area contributed by atoms with Crippen molar-refractivity contribution in [2.24, 2.45) is 0 Å². The molecule has 0 aromatic heterocycles. The molecule has 3 nitrogen and oxygen atoms in total. The lowest BCUT2D eigenvalue weighted by Gasteiger charge is -2.40. The van der Waals surface area contributed by atoms with Crippen LogP contribution < -0.4 is 5.32 Å². The molecule has 2 aliphatic rings. The Morgan fingerprint density at radius 2 is 1.81 bits per heavy atom. The van der Waals surface area contributed by atoms with Gasteiger partial charge in [-0.1, -0.05) is 37.3 Å². The molecule has 2 saturated heterocycles. The quantitative estimate of drug-likeness (QED) is 0.874. The lowest BCUT2D eigenvalue weighted by Crippen LogP contribution is -2.51. The van der Waals surface area contributed by atoms with E-state index in [4.69, 9.17) is 0 Å². The van der Waals surface area contributed by atoms with Crippen LogP contribution in [0.25, 0.3) is 0 Å².